The first-order chi connectivity index (χ1) is 10.3. The lowest BCUT2D eigenvalue weighted by atomic mass is 10.1. The van der Waals surface area contributed by atoms with Crippen molar-refractivity contribution < 1.29 is 18.9 Å². The van der Waals surface area contributed by atoms with Crippen LogP contribution in [-0.4, -0.2) is 58.2 Å². The zero-order chi connectivity index (χ0) is 14.7. The highest BCUT2D eigenvalue weighted by Gasteiger charge is 2.20. The molecule has 0 amide bonds. The van der Waals surface area contributed by atoms with Gasteiger partial charge in [-0.05, 0) is 24.7 Å². The Bertz CT molecular complexity index is 495. The van der Waals surface area contributed by atoms with Crippen molar-refractivity contribution in [1.82, 2.24) is 10.2 Å². The van der Waals surface area contributed by atoms with Crippen LogP contribution >= 0.6 is 0 Å². The molecule has 2 heterocycles. The molecule has 0 saturated carbocycles. The zero-order valence-electron chi connectivity index (χ0n) is 12.6. The molecule has 2 aliphatic rings. The summed E-state index contributed by atoms with van der Waals surface area (Å²) in [6, 6.07) is 3.97. The summed E-state index contributed by atoms with van der Waals surface area (Å²) < 4.78 is 21.9. The highest BCUT2D eigenvalue weighted by atomic mass is 16.7. The van der Waals surface area contributed by atoms with Gasteiger partial charge in [0.15, 0.2) is 11.5 Å². The van der Waals surface area contributed by atoms with Crippen molar-refractivity contribution in [3.8, 4) is 17.2 Å². The number of benzene rings is 1. The summed E-state index contributed by atoms with van der Waals surface area (Å²) in [5.74, 6) is 2.16. The average molecular weight is 294 g/mol. The van der Waals surface area contributed by atoms with Crippen molar-refractivity contribution in [1.29, 1.82) is 0 Å². The molecule has 2 aliphatic heterocycles. The van der Waals surface area contributed by atoms with Crippen LogP contribution in [0.1, 0.15) is 5.56 Å². The largest absolute Gasteiger partial charge is 0.493 e. The molecule has 0 radical (unpaired) electrons. The second kappa shape index (κ2) is 6.51. The summed E-state index contributed by atoms with van der Waals surface area (Å²) in [5.41, 5.74) is 1.11. The Morgan fingerprint density at radius 2 is 2.29 bits per heavy atom. The van der Waals surface area contributed by atoms with Crippen molar-refractivity contribution in [3.63, 3.8) is 0 Å². The summed E-state index contributed by atoms with van der Waals surface area (Å²) in [6.45, 7) is 4.62. The van der Waals surface area contributed by atoms with Crippen LogP contribution in [0.25, 0.3) is 0 Å². The van der Waals surface area contributed by atoms with Crippen molar-refractivity contribution in [2.24, 2.45) is 0 Å². The first-order valence-electron chi connectivity index (χ1n) is 7.23. The van der Waals surface area contributed by atoms with Gasteiger partial charge < -0.3 is 29.2 Å². The van der Waals surface area contributed by atoms with Gasteiger partial charge in [-0.1, -0.05) is 0 Å². The van der Waals surface area contributed by atoms with Crippen molar-refractivity contribution >= 4 is 0 Å². The molecule has 0 spiro atoms. The van der Waals surface area contributed by atoms with Crippen LogP contribution in [0.4, 0.5) is 0 Å². The topological polar surface area (TPSA) is 52.2 Å². The van der Waals surface area contributed by atoms with Crippen LogP contribution in [-0.2, 0) is 11.3 Å². The number of rotatable bonds is 5. The number of hydrogen-bond acceptors (Lipinski definition) is 6. The summed E-state index contributed by atoms with van der Waals surface area (Å²) in [6.07, 6.45) is 0.250. The van der Waals surface area contributed by atoms with Gasteiger partial charge in [0.2, 0.25) is 12.5 Å². The molecule has 1 aromatic carbocycles. The van der Waals surface area contributed by atoms with E-state index in [9.17, 15) is 0 Å². The first-order valence-corrected chi connectivity index (χ1v) is 7.23. The zero-order valence-corrected chi connectivity index (χ0v) is 12.6. The normalized spacial score (nSPS) is 21.5. The minimum atomic E-state index is 0.250. The van der Waals surface area contributed by atoms with Gasteiger partial charge in [-0.3, -0.25) is 0 Å². The monoisotopic (exact) mass is 294 g/mol. The summed E-state index contributed by atoms with van der Waals surface area (Å²) >= 11 is 0. The van der Waals surface area contributed by atoms with Gasteiger partial charge in [0.05, 0.1) is 19.8 Å². The molecule has 1 N–H and O–H groups in total. The molecule has 1 atom stereocenters. The van der Waals surface area contributed by atoms with Gasteiger partial charge >= 0.3 is 0 Å². The molecule has 1 saturated heterocycles. The van der Waals surface area contributed by atoms with E-state index in [2.05, 4.69) is 17.3 Å². The van der Waals surface area contributed by atoms with Gasteiger partial charge in [0.25, 0.3) is 0 Å². The third-order valence-corrected chi connectivity index (χ3v) is 3.76. The number of ether oxygens (including phenoxy) is 4. The predicted octanol–water partition coefficient (Wildman–Crippen LogP) is 0.844. The highest BCUT2D eigenvalue weighted by Crippen LogP contribution is 2.41. The maximum atomic E-state index is 5.73. The van der Waals surface area contributed by atoms with E-state index in [-0.39, 0.29) is 12.9 Å². The van der Waals surface area contributed by atoms with E-state index >= 15 is 0 Å². The Morgan fingerprint density at radius 1 is 1.38 bits per heavy atom. The summed E-state index contributed by atoms with van der Waals surface area (Å²) in [5, 5.41) is 3.43. The van der Waals surface area contributed by atoms with Gasteiger partial charge in [-0.25, -0.2) is 0 Å². The Morgan fingerprint density at radius 3 is 3.10 bits per heavy atom. The van der Waals surface area contributed by atoms with Crippen LogP contribution in [0.3, 0.4) is 0 Å². The quantitative estimate of drug-likeness (QED) is 0.869. The molecular weight excluding hydrogens is 272 g/mol. The van der Waals surface area contributed by atoms with E-state index in [0.717, 1.165) is 49.8 Å². The number of likely N-dealkylation sites (N-methyl/N-ethyl adjacent to an activating group) is 1. The fourth-order valence-electron chi connectivity index (χ4n) is 2.65. The Labute approximate surface area is 124 Å². The number of methoxy groups -OCH3 is 1. The van der Waals surface area contributed by atoms with E-state index < -0.39 is 0 Å². The number of hydrogen-bond donors (Lipinski definition) is 1. The predicted molar refractivity (Wildman–Crippen MR) is 78.1 cm³/mol. The average Bonchev–Trinajstić information content (AvgIpc) is 2.95. The molecule has 0 aliphatic carbocycles. The number of morpholine rings is 1. The smallest absolute Gasteiger partial charge is 0.231 e. The third-order valence-electron chi connectivity index (χ3n) is 3.76. The second-order valence-electron chi connectivity index (χ2n) is 5.42. The molecule has 6 heteroatoms. The van der Waals surface area contributed by atoms with Crippen LogP contribution < -0.4 is 19.5 Å². The van der Waals surface area contributed by atoms with E-state index in [1.54, 1.807) is 7.11 Å². The lowest BCUT2D eigenvalue weighted by molar-refractivity contribution is -0.0182. The molecule has 3 rings (SSSR count). The lowest BCUT2D eigenvalue weighted by Gasteiger charge is -2.30. The fourth-order valence-corrected chi connectivity index (χ4v) is 2.65. The minimum absolute atomic E-state index is 0.250. The maximum Gasteiger partial charge on any atom is 0.231 e. The van der Waals surface area contributed by atoms with Crippen LogP contribution in [0, 0.1) is 0 Å². The van der Waals surface area contributed by atoms with Gasteiger partial charge in [0, 0.05) is 26.2 Å². The van der Waals surface area contributed by atoms with Crippen LogP contribution in [0.2, 0.25) is 0 Å². The van der Waals surface area contributed by atoms with Gasteiger partial charge in [-0.15, -0.1) is 0 Å². The minimum Gasteiger partial charge on any atom is -0.493 e. The molecule has 1 fully saturated rings. The van der Waals surface area contributed by atoms with E-state index in [4.69, 9.17) is 18.9 Å². The molecular formula is C15H22N2O4. The number of fused-ring (bicyclic) bond motifs is 1. The third kappa shape index (κ3) is 3.40. The van der Waals surface area contributed by atoms with Crippen molar-refractivity contribution in [2.45, 2.75) is 12.6 Å². The fraction of sp³-hybridized carbons (Fsp3) is 0.600. The Balaban J connectivity index is 1.56. The molecule has 6 nitrogen and oxygen atoms in total. The Hall–Kier alpha value is -1.50. The van der Waals surface area contributed by atoms with E-state index in [1.807, 2.05) is 12.1 Å². The standard InChI is InChI=1S/C15H22N2O4/c1-17-3-4-19-12(9-17)8-16-7-11-5-13(18-2)15-14(6-11)20-10-21-15/h5-6,12,16H,3-4,7-10H2,1-2H3. The molecule has 116 valence electrons. The van der Waals surface area contributed by atoms with Gasteiger partial charge in [-0.2, -0.15) is 0 Å². The van der Waals surface area contributed by atoms with Gasteiger partial charge in [0.1, 0.15) is 0 Å². The SMILES string of the molecule is COc1cc(CNCC2CN(C)CCO2)cc2c1OCO2. The molecule has 0 bridgehead atoms. The van der Waals surface area contributed by atoms with Crippen molar-refractivity contribution in [3.05, 3.63) is 17.7 Å². The van der Waals surface area contributed by atoms with Crippen LogP contribution in [0.5, 0.6) is 17.2 Å². The molecule has 1 aromatic rings. The molecule has 1 unspecified atom stereocenters. The molecule has 0 aromatic heterocycles. The Kier molecular flexibility index (Phi) is 4.48. The first kappa shape index (κ1) is 14.4. The number of nitrogens with zero attached hydrogens (tertiary/aromatic N) is 1. The molecule has 21 heavy (non-hydrogen) atoms. The number of nitrogens with one attached hydrogen (secondary N) is 1. The highest BCUT2D eigenvalue weighted by molar-refractivity contribution is 5.55. The van der Waals surface area contributed by atoms with E-state index in [0.29, 0.717) is 5.75 Å². The van der Waals surface area contributed by atoms with E-state index in [1.165, 1.54) is 0 Å². The summed E-state index contributed by atoms with van der Waals surface area (Å²) in [4.78, 5) is 2.29. The lowest BCUT2D eigenvalue weighted by Crippen LogP contribution is -2.44. The second-order valence-corrected chi connectivity index (χ2v) is 5.42. The van der Waals surface area contributed by atoms with Crippen molar-refractivity contribution in [2.75, 3.05) is 47.2 Å². The maximum absolute atomic E-state index is 5.73. The van der Waals surface area contributed by atoms with Crippen LogP contribution in [0.15, 0.2) is 12.1 Å². The summed E-state index contributed by atoms with van der Waals surface area (Å²) in [7, 11) is 3.76.